The Morgan fingerprint density at radius 3 is 2.67 bits per heavy atom. The molecule has 0 fully saturated rings. The highest BCUT2D eigenvalue weighted by Crippen LogP contribution is 2.34. The topological polar surface area (TPSA) is 55.8 Å². The number of halogens is 1. The van der Waals surface area contributed by atoms with Crippen molar-refractivity contribution in [2.45, 2.75) is 6.61 Å². The number of phenols is 1. The van der Waals surface area contributed by atoms with E-state index in [1.165, 1.54) is 12.1 Å². The lowest BCUT2D eigenvalue weighted by atomic mass is 10.1. The van der Waals surface area contributed by atoms with Gasteiger partial charge in [-0.15, -0.1) is 0 Å². The molecule has 1 aliphatic heterocycles. The maximum atomic E-state index is 12.4. The van der Waals surface area contributed by atoms with Crippen LogP contribution in [0.2, 0.25) is 5.02 Å². The molecule has 0 radical (unpaired) electrons. The van der Waals surface area contributed by atoms with E-state index in [1.807, 2.05) is 48.5 Å². The SMILES string of the molecule is O=C1/C(=C/c2cccc(OCc3ccc(Cl)cc3)c2)Oc2cc(O)ccc21. The molecule has 0 unspecified atom stereocenters. The van der Waals surface area contributed by atoms with Crippen molar-refractivity contribution in [1.29, 1.82) is 0 Å². The fourth-order valence-electron chi connectivity index (χ4n) is 2.77. The Kier molecular flexibility index (Phi) is 4.57. The molecular weight excluding hydrogens is 364 g/mol. The van der Waals surface area contributed by atoms with Gasteiger partial charge in [-0.05, 0) is 53.6 Å². The minimum atomic E-state index is -0.211. The van der Waals surface area contributed by atoms with Gasteiger partial charge < -0.3 is 14.6 Å². The van der Waals surface area contributed by atoms with Gasteiger partial charge in [0.05, 0.1) is 5.56 Å². The molecule has 0 spiro atoms. The van der Waals surface area contributed by atoms with E-state index in [0.29, 0.717) is 28.7 Å². The maximum absolute atomic E-state index is 12.4. The van der Waals surface area contributed by atoms with Gasteiger partial charge in [-0.1, -0.05) is 35.9 Å². The van der Waals surface area contributed by atoms with Crippen LogP contribution in [0.5, 0.6) is 17.2 Å². The molecule has 0 aliphatic carbocycles. The summed E-state index contributed by atoms with van der Waals surface area (Å²) in [4.78, 5) is 12.4. The van der Waals surface area contributed by atoms with Gasteiger partial charge in [0, 0.05) is 11.1 Å². The molecule has 0 saturated carbocycles. The van der Waals surface area contributed by atoms with Gasteiger partial charge in [0.2, 0.25) is 5.78 Å². The Balaban J connectivity index is 1.50. The fraction of sp³-hybridized carbons (Fsp3) is 0.0455. The third-order valence-corrected chi connectivity index (χ3v) is 4.38. The normalized spacial score (nSPS) is 14.1. The number of carbonyl (C=O) groups is 1. The lowest BCUT2D eigenvalue weighted by Crippen LogP contribution is -1.98. The molecule has 3 aromatic rings. The van der Waals surface area contributed by atoms with Crippen LogP contribution >= 0.6 is 11.6 Å². The van der Waals surface area contributed by atoms with Crippen LogP contribution in [-0.4, -0.2) is 10.9 Å². The van der Waals surface area contributed by atoms with Gasteiger partial charge in [0.25, 0.3) is 0 Å². The zero-order valence-corrected chi connectivity index (χ0v) is 14.9. The van der Waals surface area contributed by atoms with Crippen LogP contribution in [0, 0.1) is 0 Å². The van der Waals surface area contributed by atoms with E-state index in [4.69, 9.17) is 21.1 Å². The lowest BCUT2D eigenvalue weighted by molar-refractivity contribution is 0.101. The Morgan fingerprint density at radius 1 is 1.04 bits per heavy atom. The summed E-state index contributed by atoms with van der Waals surface area (Å²) < 4.78 is 11.4. The first-order valence-electron chi connectivity index (χ1n) is 8.33. The number of ketones is 1. The summed E-state index contributed by atoms with van der Waals surface area (Å²) in [5.41, 5.74) is 2.23. The van der Waals surface area contributed by atoms with Gasteiger partial charge in [0.1, 0.15) is 23.9 Å². The third kappa shape index (κ3) is 3.81. The van der Waals surface area contributed by atoms with Gasteiger partial charge in [-0.2, -0.15) is 0 Å². The van der Waals surface area contributed by atoms with Crippen molar-refractivity contribution in [2.75, 3.05) is 0 Å². The molecule has 4 rings (SSSR count). The number of hydrogen-bond acceptors (Lipinski definition) is 4. The highest BCUT2D eigenvalue weighted by molar-refractivity contribution is 6.30. The minimum absolute atomic E-state index is 0.0559. The van der Waals surface area contributed by atoms with Gasteiger partial charge in [-0.25, -0.2) is 0 Å². The maximum Gasteiger partial charge on any atom is 0.231 e. The Hall–Kier alpha value is -3.24. The van der Waals surface area contributed by atoms with E-state index < -0.39 is 0 Å². The number of phenolic OH excluding ortho intramolecular Hbond substituents is 1. The Labute approximate surface area is 161 Å². The predicted octanol–water partition coefficient (Wildman–Crippen LogP) is 5.24. The molecule has 0 atom stereocenters. The molecule has 134 valence electrons. The average Bonchev–Trinajstić information content (AvgIpc) is 2.96. The van der Waals surface area contributed by atoms with Crippen molar-refractivity contribution in [3.63, 3.8) is 0 Å². The zero-order valence-electron chi connectivity index (χ0n) is 14.2. The lowest BCUT2D eigenvalue weighted by Gasteiger charge is -2.07. The molecule has 1 heterocycles. The molecule has 27 heavy (non-hydrogen) atoms. The smallest absolute Gasteiger partial charge is 0.231 e. The Morgan fingerprint density at radius 2 is 1.85 bits per heavy atom. The summed E-state index contributed by atoms with van der Waals surface area (Å²) in [7, 11) is 0. The highest BCUT2D eigenvalue weighted by atomic mass is 35.5. The first kappa shape index (κ1) is 17.2. The van der Waals surface area contributed by atoms with Crippen molar-refractivity contribution < 1.29 is 19.4 Å². The molecule has 0 aromatic heterocycles. The third-order valence-electron chi connectivity index (χ3n) is 4.13. The van der Waals surface area contributed by atoms with Crippen LogP contribution in [0.15, 0.2) is 72.5 Å². The summed E-state index contributed by atoms with van der Waals surface area (Å²) in [6, 6.07) is 19.3. The van der Waals surface area contributed by atoms with E-state index in [9.17, 15) is 9.90 Å². The van der Waals surface area contributed by atoms with Crippen LogP contribution in [-0.2, 0) is 6.61 Å². The number of Topliss-reactive ketones (excluding diaryl/α,β-unsaturated/α-hetero) is 1. The first-order chi connectivity index (χ1) is 13.1. The van der Waals surface area contributed by atoms with E-state index in [1.54, 1.807) is 12.1 Å². The summed E-state index contributed by atoms with van der Waals surface area (Å²) in [6.45, 7) is 0.414. The van der Waals surface area contributed by atoms with Crippen molar-refractivity contribution in [2.24, 2.45) is 0 Å². The molecule has 3 aromatic carbocycles. The molecule has 1 aliphatic rings. The molecule has 0 bridgehead atoms. The summed E-state index contributed by atoms with van der Waals surface area (Å²) >= 11 is 5.88. The summed E-state index contributed by atoms with van der Waals surface area (Å²) in [6.07, 6.45) is 1.66. The molecule has 1 N–H and O–H groups in total. The van der Waals surface area contributed by atoms with E-state index in [2.05, 4.69) is 0 Å². The zero-order chi connectivity index (χ0) is 18.8. The summed E-state index contributed by atoms with van der Waals surface area (Å²) in [5.74, 6) is 1.10. The van der Waals surface area contributed by atoms with Gasteiger partial charge in [0.15, 0.2) is 5.76 Å². The van der Waals surface area contributed by atoms with E-state index in [-0.39, 0.29) is 17.3 Å². The summed E-state index contributed by atoms with van der Waals surface area (Å²) in [5, 5.41) is 10.2. The number of hydrogen-bond donors (Lipinski definition) is 1. The second-order valence-corrected chi connectivity index (χ2v) is 6.54. The minimum Gasteiger partial charge on any atom is -0.508 e. The number of ether oxygens (including phenoxy) is 2. The van der Waals surface area contributed by atoms with Crippen LogP contribution in [0.25, 0.3) is 6.08 Å². The predicted molar refractivity (Wildman–Crippen MR) is 103 cm³/mol. The number of allylic oxidation sites excluding steroid dienone is 1. The largest absolute Gasteiger partial charge is 0.508 e. The number of benzene rings is 3. The van der Waals surface area contributed by atoms with Crippen LogP contribution in [0.4, 0.5) is 0 Å². The number of aromatic hydroxyl groups is 1. The van der Waals surface area contributed by atoms with Crippen LogP contribution in [0.3, 0.4) is 0 Å². The first-order valence-corrected chi connectivity index (χ1v) is 8.71. The molecule has 0 saturated heterocycles. The molecular formula is C22H15ClO4. The van der Waals surface area contributed by atoms with Crippen molar-refractivity contribution in [3.8, 4) is 17.2 Å². The van der Waals surface area contributed by atoms with E-state index in [0.717, 1.165) is 11.1 Å². The van der Waals surface area contributed by atoms with Crippen LogP contribution in [0.1, 0.15) is 21.5 Å². The van der Waals surface area contributed by atoms with Gasteiger partial charge in [-0.3, -0.25) is 4.79 Å². The second-order valence-electron chi connectivity index (χ2n) is 6.11. The van der Waals surface area contributed by atoms with Crippen molar-refractivity contribution in [3.05, 3.63) is 94.2 Å². The average molecular weight is 379 g/mol. The monoisotopic (exact) mass is 378 g/mol. The Bertz CT molecular complexity index is 1040. The standard InChI is InChI=1S/C22H15ClO4/c23-16-6-4-14(5-7-16)13-26-18-3-1-2-15(10-18)11-21-22(25)19-9-8-17(24)12-20(19)27-21/h1-12,24H,13H2/b21-11-. The number of carbonyl (C=O) groups excluding carboxylic acids is 1. The van der Waals surface area contributed by atoms with E-state index >= 15 is 0 Å². The quantitative estimate of drug-likeness (QED) is 0.631. The molecule has 0 amide bonds. The fourth-order valence-corrected chi connectivity index (χ4v) is 2.89. The van der Waals surface area contributed by atoms with Crippen molar-refractivity contribution in [1.82, 2.24) is 0 Å². The van der Waals surface area contributed by atoms with Crippen LogP contribution < -0.4 is 9.47 Å². The molecule has 4 nitrogen and oxygen atoms in total. The number of fused-ring (bicyclic) bond motifs is 1. The molecule has 5 heteroatoms. The highest BCUT2D eigenvalue weighted by Gasteiger charge is 2.27. The second kappa shape index (κ2) is 7.17. The van der Waals surface area contributed by atoms with Gasteiger partial charge >= 0.3 is 0 Å². The number of rotatable bonds is 4. The van der Waals surface area contributed by atoms with Crippen molar-refractivity contribution >= 4 is 23.5 Å².